The first-order chi connectivity index (χ1) is 13.5. The molecule has 0 aliphatic carbocycles. The van der Waals surface area contributed by atoms with Crippen molar-refractivity contribution in [2.75, 3.05) is 18.8 Å². The second-order valence-electron chi connectivity index (χ2n) is 7.88. The Kier molecular flexibility index (Phi) is 5.47. The largest absolute Gasteiger partial charge is 0.371 e. The summed E-state index contributed by atoms with van der Waals surface area (Å²) in [6.07, 6.45) is 2.89. The predicted molar refractivity (Wildman–Crippen MR) is 108 cm³/mol. The Bertz CT molecular complexity index is 860. The van der Waals surface area contributed by atoms with E-state index in [4.69, 9.17) is 9.26 Å². The minimum atomic E-state index is 0.0572. The van der Waals surface area contributed by atoms with Crippen LogP contribution in [0.25, 0.3) is 0 Å². The van der Waals surface area contributed by atoms with Gasteiger partial charge in [0.1, 0.15) is 11.3 Å². The lowest BCUT2D eigenvalue weighted by atomic mass is 9.92. The lowest BCUT2D eigenvalue weighted by Gasteiger charge is -2.47. The number of hydrogen-bond acceptors (Lipinski definition) is 6. The molecule has 2 saturated heterocycles. The van der Waals surface area contributed by atoms with Gasteiger partial charge in [-0.3, -0.25) is 9.78 Å². The van der Waals surface area contributed by atoms with E-state index in [1.807, 2.05) is 48.7 Å². The number of amides is 1. The molecule has 0 saturated carbocycles. The number of thioether (sulfide) groups is 1. The highest BCUT2D eigenvalue weighted by atomic mass is 32.2. The SMILES string of the molecule is CCCc1onc(C)c1C(=O)N1CC2(C[C@@H](OCc3cccc(C)n3)CS2)C1. The van der Waals surface area contributed by atoms with Gasteiger partial charge in [0.05, 0.1) is 28.8 Å². The van der Waals surface area contributed by atoms with E-state index in [2.05, 4.69) is 17.1 Å². The summed E-state index contributed by atoms with van der Waals surface area (Å²) < 4.78 is 11.6. The zero-order chi connectivity index (χ0) is 19.7. The summed E-state index contributed by atoms with van der Waals surface area (Å²) in [4.78, 5) is 19.4. The molecule has 6 nitrogen and oxygen atoms in total. The Morgan fingerprint density at radius 1 is 1.39 bits per heavy atom. The van der Waals surface area contributed by atoms with Gasteiger partial charge in [-0.1, -0.05) is 18.1 Å². The fraction of sp³-hybridized carbons (Fsp3) is 0.571. The van der Waals surface area contributed by atoms with Crippen molar-refractivity contribution >= 4 is 17.7 Å². The summed E-state index contributed by atoms with van der Waals surface area (Å²) in [5, 5.41) is 4.00. The number of rotatable bonds is 6. The molecule has 0 radical (unpaired) electrons. The maximum absolute atomic E-state index is 12.9. The number of likely N-dealkylation sites (tertiary alicyclic amines) is 1. The molecule has 2 fully saturated rings. The van der Waals surface area contributed by atoms with E-state index in [9.17, 15) is 4.79 Å². The van der Waals surface area contributed by atoms with Crippen molar-refractivity contribution in [3.05, 3.63) is 46.6 Å². The van der Waals surface area contributed by atoms with Gasteiger partial charge in [0.15, 0.2) is 0 Å². The number of carbonyl (C=O) groups excluding carboxylic acids is 1. The van der Waals surface area contributed by atoms with Gasteiger partial charge in [0.25, 0.3) is 5.91 Å². The first kappa shape index (κ1) is 19.5. The minimum Gasteiger partial charge on any atom is -0.371 e. The Labute approximate surface area is 170 Å². The van der Waals surface area contributed by atoms with Gasteiger partial charge in [-0.05, 0) is 38.8 Å². The summed E-state index contributed by atoms with van der Waals surface area (Å²) in [5.74, 6) is 1.75. The van der Waals surface area contributed by atoms with Crippen molar-refractivity contribution in [3.8, 4) is 0 Å². The van der Waals surface area contributed by atoms with Gasteiger partial charge < -0.3 is 14.2 Å². The van der Waals surface area contributed by atoms with Crippen molar-refractivity contribution in [1.29, 1.82) is 0 Å². The summed E-state index contributed by atoms with van der Waals surface area (Å²) in [6.45, 7) is 8.01. The smallest absolute Gasteiger partial charge is 0.259 e. The number of hydrogen-bond donors (Lipinski definition) is 0. The van der Waals surface area contributed by atoms with Gasteiger partial charge in [-0.2, -0.15) is 0 Å². The standard InChI is InChI=1S/C21H27N3O3S/c1-4-6-18-19(15(3)23-27-18)20(25)24-12-21(13-24)9-17(11-28-21)26-10-16-8-5-7-14(2)22-16/h5,7-8,17H,4,6,9-13H2,1-3H3/t17-/m1/s1. The Morgan fingerprint density at radius 2 is 2.21 bits per heavy atom. The normalized spacial score (nSPS) is 20.5. The number of ether oxygens (including phenoxy) is 1. The molecule has 7 heteroatoms. The van der Waals surface area contributed by atoms with Gasteiger partial charge in [0.2, 0.25) is 0 Å². The van der Waals surface area contributed by atoms with Crippen LogP contribution in [0.5, 0.6) is 0 Å². The topological polar surface area (TPSA) is 68.5 Å². The number of pyridine rings is 1. The lowest BCUT2D eigenvalue weighted by Crippen LogP contribution is -2.60. The summed E-state index contributed by atoms with van der Waals surface area (Å²) >= 11 is 1.94. The third-order valence-corrected chi connectivity index (χ3v) is 7.03. The van der Waals surface area contributed by atoms with Crippen molar-refractivity contribution in [2.24, 2.45) is 0 Å². The van der Waals surface area contributed by atoms with E-state index < -0.39 is 0 Å². The van der Waals surface area contributed by atoms with Crippen LogP contribution in [-0.2, 0) is 17.8 Å². The predicted octanol–water partition coefficient (Wildman–Crippen LogP) is 3.56. The maximum Gasteiger partial charge on any atom is 0.259 e. The molecule has 28 heavy (non-hydrogen) atoms. The molecule has 2 aliphatic rings. The van der Waals surface area contributed by atoms with E-state index in [-0.39, 0.29) is 16.8 Å². The molecule has 150 valence electrons. The van der Waals surface area contributed by atoms with Gasteiger partial charge in [-0.15, -0.1) is 11.8 Å². The molecule has 1 atom stereocenters. The fourth-order valence-corrected chi connectivity index (χ4v) is 5.60. The quantitative estimate of drug-likeness (QED) is 0.737. The van der Waals surface area contributed by atoms with Crippen LogP contribution >= 0.6 is 11.8 Å². The van der Waals surface area contributed by atoms with Crippen LogP contribution in [0.3, 0.4) is 0 Å². The number of carbonyl (C=O) groups is 1. The Balaban J connectivity index is 1.31. The van der Waals surface area contributed by atoms with E-state index in [1.54, 1.807) is 0 Å². The Hall–Kier alpha value is -1.86. The average molecular weight is 402 g/mol. The second kappa shape index (κ2) is 7.87. The zero-order valence-corrected chi connectivity index (χ0v) is 17.6. The van der Waals surface area contributed by atoms with Crippen LogP contribution in [0.1, 0.15) is 53.0 Å². The van der Waals surface area contributed by atoms with Crippen molar-refractivity contribution < 1.29 is 14.1 Å². The first-order valence-corrected chi connectivity index (χ1v) is 10.9. The van der Waals surface area contributed by atoms with Gasteiger partial charge >= 0.3 is 0 Å². The van der Waals surface area contributed by atoms with Crippen LogP contribution < -0.4 is 0 Å². The van der Waals surface area contributed by atoms with Gasteiger partial charge in [-0.25, -0.2) is 0 Å². The number of aryl methyl sites for hydroxylation is 3. The molecular formula is C21H27N3O3S. The molecule has 1 amide bonds. The van der Waals surface area contributed by atoms with Crippen molar-refractivity contribution in [3.63, 3.8) is 0 Å². The highest BCUT2D eigenvalue weighted by Crippen LogP contribution is 2.46. The molecule has 0 bridgehead atoms. The molecular weight excluding hydrogens is 374 g/mol. The van der Waals surface area contributed by atoms with Crippen molar-refractivity contribution in [1.82, 2.24) is 15.0 Å². The summed E-state index contributed by atoms with van der Waals surface area (Å²) in [7, 11) is 0. The number of nitrogens with zero attached hydrogens (tertiary/aromatic N) is 3. The van der Waals surface area contributed by atoms with Crippen LogP contribution in [0, 0.1) is 13.8 Å². The van der Waals surface area contributed by atoms with E-state index in [0.717, 1.165) is 55.3 Å². The number of aromatic nitrogens is 2. The molecule has 0 unspecified atom stereocenters. The Morgan fingerprint density at radius 3 is 2.96 bits per heavy atom. The first-order valence-electron chi connectivity index (χ1n) is 9.92. The third kappa shape index (κ3) is 3.82. The molecule has 0 aromatic carbocycles. The minimum absolute atomic E-state index is 0.0572. The highest BCUT2D eigenvalue weighted by molar-refractivity contribution is 8.01. The lowest BCUT2D eigenvalue weighted by molar-refractivity contribution is 0.0243. The van der Waals surface area contributed by atoms with Crippen molar-refractivity contribution in [2.45, 2.75) is 57.5 Å². The third-order valence-electron chi connectivity index (χ3n) is 5.46. The molecule has 2 aromatic rings. The van der Waals surface area contributed by atoms with E-state index in [0.29, 0.717) is 17.9 Å². The summed E-state index contributed by atoms with van der Waals surface area (Å²) in [6, 6.07) is 6.01. The maximum atomic E-state index is 12.9. The van der Waals surface area contributed by atoms with E-state index in [1.165, 1.54) is 0 Å². The highest BCUT2D eigenvalue weighted by Gasteiger charge is 2.51. The monoisotopic (exact) mass is 401 g/mol. The molecule has 0 N–H and O–H groups in total. The molecule has 1 spiro atoms. The zero-order valence-electron chi connectivity index (χ0n) is 16.7. The summed E-state index contributed by atoms with van der Waals surface area (Å²) in [5.41, 5.74) is 3.35. The molecule has 4 rings (SSSR count). The fourth-order valence-electron chi connectivity index (χ4n) is 4.05. The van der Waals surface area contributed by atoms with Crippen LogP contribution in [0.4, 0.5) is 0 Å². The van der Waals surface area contributed by atoms with Crippen LogP contribution in [0.15, 0.2) is 22.7 Å². The molecule has 2 aromatic heterocycles. The van der Waals surface area contributed by atoms with Gasteiger partial charge in [0, 0.05) is 31.0 Å². The second-order valence-corrected chi connectivity index (χ2v) is 9.37. The van der Waals surface area contributed by atoms with Crippen LogP contribution in [0.2, 0.25) is 0 Å². The van der Waals surface area contributed by atoms with E-state index >= 15 is 0 Å². The molecule has 2 aliphatic heterocycles. The average Bonchev–Trinajstić information content (AvgIpc) is 3.23. The molecule has 4 heterocycles. The van der Waals surface area contributed by atoms with Crippen LogP contribution in [-0.4, -0.2) is 50.6 Å².